The molecule has 3 N–H and O–H groups in total. The number of rotatable bonds is 6. The van der Waals surface area contributed by atoms with E-state index >= 15 is 0 Å². The van der Waals surface area contributed by atoms with E-state index in [-0.39, 0.29) is 29.5 Å². The van der Waals surface area contributed by atoms with Crippen molar-refractivity contribution < 1.29 is 13.9 Å². The predicted octanol–water partition coefficient (Wildman–Crippen LogP) is 2.15. The molecule has 6 heteroatoms. The number of nitrogens with one attached hydrogen (secondary N) is 1. The van der Waals surface area contributed by atoms with Gasteiger partial charge < -0.3 is 15.8 Å². The van der Waals surface area contributed by atoms with E-state index in [9.17, 15) is 9.18 Å². The van der Waals surface area contributed by atoms with Gasteiger partial charge in [0.15, 0.2) is 0 Å². The second-order valence-electron chi connectivity index (χ2n) is 5.57. The molecule has 1 saturated heterocycles. The van der Waals surface area contributed by atoms with Crippen LogP contribution in [0.3, 0.4) is 0 Å². The summed E-state index contributed by atoms with van der Waals surface area (Å²) < 4.78 is 18.6. The van der Waals surface area contributed by atoms with E-state index in [4.69, 9.17) is 10.5 Å². The fourth-order valence-corrected chi connectivity index (χ4v) is 2.75. The zero-order valence-electron chi connectivity index (χ0n) is 12.6. The zero-order chi connectivity index (χ0) is 15.1. The van der Waals surface area contributed by atoms with Gasteiger partial charge in [-0.05, 0) is 43.5 Å². The maximum absolute atomic E-state index is 13.1. The van der Waals surface area contributed by atoms with Crippen LogP contribution in [-0.2, 0) is 14.9 Å². The maximum atomic E-state index is 13.1. The Balaban J connectivity index is 0.00000242. The van der Waals surface area contributed by atoms with Gasteiger partial charge in [-0.15, -0.1) is 12.4 Å². The molecule has 1 heterocycles. The fraction of sp³-hybridized carbons (Fsp3) is 0.562. The second-order valence-corrected chi connectivity index (χ2v) is 5.57. The number of carbonyl (C=O) groups is 1. The highest BCUT2D eigenvalue weighted by Crippen LogP contribution is 2.34. The molecule has 1 aliphatic rings. The Morgan fingerprint density at radius 3 is 2.50 bits per heavy atom. The SMILES string of the molecule is Cl.NCCCC(=O)NCC1(c2ccc(F)cc2)CCOCC1. The zero-order valence-corrected chi connectivity index (χ0v) is 13.5. The summed E-state index contributed by atoms with van der Waals surface area (Å²) in [6.07, 6.45) is 2.80. The lowest BCUT2D eigenvalue weighted by atomic mass is 9.74. The van der Waals surface area contributed by atoms with Crippen molar-refractivity contribution in [3.63, 3.8) is 0 Å². The molecular formula is C16H24ClFN2O2. The lowest BCUT2D eigenvalue weighted by Gasteiger charge is -2.38. The van der Waals surface area contributed by atoms with Crippen molar-refractivity contribution in [1.29, 1.82) is 0 Å². The molecule has 0 unspecified atom stereocenters. The highest BCUT2D eigenvalue weighted by Gasteiger charge is 2.34. The normalized spacial score (nSPS) is 16.6. The van der Waals surface area contributed by atoms with E-state index in [1.807, 2.05) is 12.1 Å². The summed E-state index contributed by atoms with van der Waals surface area (Å²) in [7, 11) is 0. The van der Waals surface area contributed by atoms with Crippen molar-refractivity contribution in [2.75, 3.05) is 26.3 Å². The van der Waals surface area contributed by atoms with E-state index in [0.29, 0.717) is 39.1 Å². The summed E-state index contributed by atoms with van der Waals surface area (Å²) in [4.78, 5) is 11.8. The van der Waals surface area contributed by atoms with E-state index in [1.54, 1.807) is 0 Å². The van der Waals surface area contributed by atoms with E-state index in [2.05, 4.69) is 5.32 Å². The van der Waals surface area contributed by atoms with Crippen LogP contribution in [0.15, 0.2) is 24.3 Å². The van der Waals surface area contributed by atoms with Crippen LogP contribution in [-0.4, -0.2) is 32.2 Å². The molecule has 0 bridgehead atoms. The summed E-state index contributed by atoms with van der Waals surface area (Å²) in [5.74, 6) is -0.221. The summed E-state index contributed by atoms with van der Waals surface area (Å²) in [6.45, 7) is 2.40. The van der Waals surface area contributed by atoms with Crippen molar-refractivity contribution in [3.8, 4) is 0 Å². The average Bonchev–Trinajstić information content (AvgIpc) is 2.52. The third-order valence-corrected chi connectivity index (χ3v) is 4.14. The number of carbonyl (C=O) groups excluding carboxylic acids is 1. The number of benzene rings is 1. The van der Waals surface area contributed by atoms with E-state index in [1.165, 1.54) is 12.1 Å². The van der Waals surface area contributed by atoms with Crippen LogP contribution >= 0.6 is 12.4 Å². The highest BCUT2D eigenvalue weighted by molar-refractivity contribution is 5.85. The monoisotopic (exact) mass is 330 g/mol. The molecule has 124 valence electrons. The van der Waals surface area contributed by atoms with Crippen molar-refractivity contribution in [3.05, 3.63) is 35.6 Å². The topological polar surface area (TPSA) is 64.4 Å². The van der Waals surface area contributed by atoms with Crippen LogP contribution in [0.5, 0.6) is 0 Å². The first-order valence-corrected chi connectivity index (χ1v) is 7.47. The van der Waals surface area contributed by atoms with E-state index < -0.39 is 0 Å². The molecule has 1 aliphatic heterocycles. The number of hydrogen-bond donors (Lipinski definition) is 2. The molecule has 1 amide bonds. The molecule has 0 radical (unpaired) electrons. The van der Waals surface area contributed by atoms with Crippen molar-refractivity contribution in [1.82, 2.24) is 5.32 Å². The Bertz CT molecular complexity index is 462. The molecule has 2 rings (SSSR count). The third-order valence-electron chi connectivity index (χ3n) is 4.14. The minimum Gasteiger partial charge on any atom is -0.381 e. The molecule has 22 heavy (non-hydrogen) atoms. The van der Waals surface area contributed by atoms with Crippen LogP contribution in [0, 0.1) is 5.82 Å². The van der Waals surface area contributed by atoms with Crippen molar-refractivity contribution in [2.45, 2.75) is 31.1 Å². The average molecular weight is 331 g/mol. The Hall–Kier alpha value is -1.17. The standard InChI is InChI=1S/C16H23FN2O2.ClH/c17-14-5-3-13(4-6-14)16(7-10-21-11-8-16)12-19-15(20)2-1-9-18;/h3-6H,1-2,7-12,18H2,(H,19,20);1H. The molecular weight excluding hydrogens is 307 g/mol. The number of hydrogen-bond acceptors (Lipinski definition) is 3. The van der Waals surface area contributed by atoms with Gasteiger partial charge in [0, 0.05) is 31.6 Å². The first kappa shape index (κ1) is 18.9. The van der Waals surface area contributed by atoms with Gasteiger partial charge in [-0.1, -0.05) is 12.1 Å². The van der Waals surface area contributed by atoms with Crippen molar-refractivity contribution >= 4 is 18.3 Å². The predicted molar refractivity (Wildman–Crippen MR) is 86.7 cm³/mol. The molecule has 0 spiro atoms. The number of amides is 1. The van der Waals surface area contributed by atoms with E-state index in [0.717, 1.165) is 18.4 Å². The van der Waals surface area contributed by atoms with Gasteiger partial charge in [-0.2, -0.15) is 0 Å². The molecule has 1 fully saturated rings. The quantitative estimate of drug-likeness (QED) is 0.840. The molecule has 0 aromatic heterocycles. The fourth-order valence-electron chi connectivity index (χ4n) is 2.75. The number of ether oxygens (including phenoxy) is 1. The van der Waals surface area contributed by atoms with Gasteiger partial charge in [0.25, 0.3) is 0 Å². The first-order valence-electron chi connectivity index (χ1n) is 7.47. The minimum atomic E-state index is -0.243. The number of halogens is 2. The van der Waals surface area contributed by atoms with Gasteiger partial charge in [-0.3, -0.25) is 4.79 Å². The van der Waals surface area contributed by atoms with Gasteiger partial charge in [0.2, 0.25) is 5.91 Å². The van der Waals surface area contributed by atoms with Crippen LogP contribution in [0.25, 0.3) is 0 Å². The highest BCUT2D eigenvalue weighted by atomic mass is 35.5. The largest absolute Gasteiger partial charge is 0.381 e. The Labute approximate surface area is 137 Å². The maximum Gasteiger partial charge on any atom is 0.220 e. The summed E-state index contributed by atoms with van der Waals surface area (Å²) in [5, 5.41) is 3.00. The smallest absolute Gasteiger partial charge is 0.220 e. The molecule has 0 aliphatic carbocycles. The molecule has 4 nitrogen and oxygen atoms in total. The Morgan fingerprint density at radius 2 is 1.91 bits per heavy atom. The van der Waals surface area contributed by atoms with Gasteiger partial charge >= 0.3 is 0 Å². The summed E-state index contributed by atoms with van der Waals surface area (Å²) in [6, 6.07) is 6.57. The third kappa shape index (κ3) is 4.93. The van der Waals surface area contributed by atoms with Crippen molar-refractivity contribution in [2.24, 2.45) is 5.73 Å². The molecule has 1 aromatic carbocycles. The summed E-state index contributed by atoms with van der Waals surface area (Å²) in [5.41, 5.74) is 6.31. The molecule has 0 saturated carbocycles. The second kappa shape index (κ2) is 9.08. The van der Waals surface area contributed by atoms with Gasteiger partial charge in [-0.25, -0.2) is 4.39 Å². The van der Waals surface area contributed by atoms with Gasteiger partial charge in [0.05, 0.1) is 0 Å². The first-order chi connectivity index (χ1) is 10.2. The lowest BCUT2D eigenvalue weighted by molar-refractivity contribution is -0.121. The molecule has 0 atom stereocenters. The minimum absolute atomic E-state index is 0. The van der Waals surface area contributed by atoms with Gasteiger partial charge in [0.1, 0.15) is 5.82 Å². The lowest BCUT2D eigenvalue weighted by Crippen LogP contribution is -2.44. The Morgan fingerprint density at radius 1 is 1.27 bits per heavy atom. The number of nitrogens with two attached hydrogens (primary N) is 1. The van der Waals surface area contributed by atoms with Crippen LogP contribution in [0.4, 0.5) is 4.39 Å². The molecule has 1 aromatic rings. The Kier molecular flexibility index (Phi) is 7.79. The van der Waals surface area contributed by atoms with Crippen LogP contribution in [0.2, 0.25) is 0 Å². The van der Waals surface area contributed by atoms with Crippen LogP contribution < -0.4 is 11.1 Å². The van der Waals surface area contributed by atoms with Crippen LogP contribution in [0.1, 0.15) is 31.2 Å². The summed E-state index contributed by atoms with van der Waals surface area (Å²) >= 11 is 0.